The minimum absolute atomic E-state index is 0.342. The molecule has 9 heteroatoms. The van der Waals surface area contributed by atoms with E-state index in [-0.39, 0.29) is 12.2 Å². The molecule has 3 aromatic rings. The molecule has 0 N–H and O–H groups in total. The molecule has 6 nitrogen and oxygen atoms in total. The molecule has 0 spiro atoms. The molecule has 0 saturated carbocycles. The number of alkyl halides is 2. The summed E-state index contributed by atoms with van der Waals surface area (Å²) in [5, 5.41) is 4.27. The predicted molar refractivity (Wildman–Crippen MR) is 90.8 cm³/mol. The van der Waals surface area contributed by atoms with Crippen LogP contribution in [0.2, 0.25) is 0 Å². The molecule has 1 aliphatic heterocycles. The molecule has 2 aromatic heterocycles. The second-order valence-electron chi connectivity index (χ2n) is 6.38. The lowest BCUT2D eigenvalue weighted by Crippen LogP contribution is -2.22. The Morgan fingerprint density at radius 1 is 1.26 bits per heavy atom. The number of hydrogen-bond donors (Lipinski definition) is 0. The number of likely N-dealkylation sites (N-methyl/N-ethyl adjacent to an activating group) is 1. The average molecular weight is 376 g/mol. The highest BCUT2D eigenvalue weighted by Gasteiger charge is 2.29. The largest absolute Gasteiger partial charge is 0.442 e. The number of pyridine rings is 1. The van der Waals surface area contributed by atoms with Gasteiger partial charge in [-0.15, -0.1) is 0 Å². The summed E-state index contributed by atoms with van der Waals surface area (Å²) in [6.07, 6.45) is -0.525. The van der Waals surface area contributed by atoms with E-state index in [2.05, 4.69) is 10.1 Å². The number of carbonyl (C=O) groups is 1. The summed E-state index contributed by atoms with van der Waals surface area (Å²) in [5.74, 6) is -0.944. The van der Waals surface area contributed by atoms with E-state index in [0.717, 1.165) is 12.1 Å². The lowest BCUT2D eigenvalue weighted by molar-refractivity contribution is 0.125. The molecule has 1 atom stereocenters. The van der Waals surface area contributed by atoms with Gasteiger partial charge in [0.1, 0.15) is 17.4 Å². The molecule has 1 amide bonds. The van der Waals surface area contributed by atoms with Gasteiger partial charge in [0.25, 0.3) is 6.43 Å². The van der Waals surface area contributed by atoms with Gasteiger partial charge in [0, 0.05) is 18.8 Å². The van der Waals surface area contributed by atoms with Gasteiger partial charge in [-0.1, -0.05) is 6.07 Å². The van der Waals surface area contributed by atoms with Crippen LogP contribution in [0.25, 0.3) is 22.2 Å². The third-order valence-electron chi connectivity index (χ3n) is 4.49. The number of fused-ring (bicyclic) bond motifs is 1. The quantitative estimate of drug-likeness (QED) is 0.698. The smallest absolute Gasteiger partial charge is 0.410 e. The molecule has 3 heterocycles. The molecule has 4 rings (SSSR count). The summed E-state index contributed by atoms with van der Waals surface area (Å²) < 4.78 is 46.4. The molecule has 140 valence electrons. The molecule has 1 aliphatic rings. The summed E-state index contributed by atoms with van der Waals surface area (Å²) in [5.41, 5.74) is 1.63. The van der Waals surface area contributed by atoms with E-state index < -0.39 is 17.8 Å². The Morgan fingerprint density at radius 2 is 2.07 bits per heavy atom. The summed E-state index contributed by atoms with van der Waals surface area (Å²) in [6.45, 7) is 0.791. The molecule has 1 saturated heterocycles. The SMILES string of the molecule is CN1C[C@@H](Cn2ncc3ncc(-c4ccc(F)c(C(F)F)c4)cc32)OC1=O. The van der Waals surface area contributed by atoms with Crippen LogP contribution in [0.15, 0.2) is 36.7 Å². The minimum atomic E-state index is -2.90. The molecule has 0 radical (unpaired) electrons. The molecular weight excluding hydrogens is 361 g/mol. The van der Waals surface area contributed by atoms with Crippen LogP contribution >= 0.6 is 0 Å². The minimum Gasteiger partial charge on any atom is -0.442 e. The van der Waals surface area contributed by atoms with E-state index in [1.165, 1.54) is 17.2 Å². The van der Waals surface area contributed by atoms with Gasteiger partial charge in [-0.25, -0.2) is 18.0 Å². The number of nitrogens with zero attached hydrogens (tertiary/aromatic N) is 4. The zero-order valence-corrected chi connectivity index (χ0v) is 14.3. The number of benzene rings is 1. The first-order valence-electron chi connectivity index (χ1n) is 8.23. The number of rotatable bonds is 4. The van der Waals surface area contributed by atoms with E-state index in [0.29, 0.717) is 35.2 Å². The number of hydrogen-bond acceptors (Lipinski definition) is 4. The molecule has 0 unspecified atom stereocenters. The zero-order valence-electron chi connectivity index (χ0n) is 14.3. The Bertz CT molecular complexity index is 1020. The highest BCUT2D eigenvalue weighted by Crippen LogP contribution is 2.29. The van der Waals surface area contributed by atoms with E-state index in [1.54, 1.807) is 24.0 Å². The van der Waals surface area contributed by atoms with Crippen molar-refractivity contribution in [3.05, 3.63) is 48.0 Å². The van der Waals surface area contributed by atoms with E-state index in [1.807, 2.05) is 0 Å². The number of amides is 1. The lowest BCUT2D eigenvalue weighted by Gasteiger charge is -2.10. The van der Waals surface area contributed by atoms with Crippen LogP contribution in [-0.2, 0) is 11.3 Å². The number of aromatic nitrogens is 3. The molecular formula is C18H15F3N4O2. The van der Waals surface area contributed by atoms with Gasteiger partial charge < -0.3 is 9.64 Å². The number of cyclic esters (lactones) is 1. The fraction of sp³-hybridized carbons (Fsp3) is 0.278. The van der Waals surface area contributed by atoms with Crippen LogP contribution in [0.4, 0.5) is 18.0 Å². The lowest BCUT2D eigenvalue weighted by atomic mass is 10.0. The van der Waals surface area contributed by atoms with Crippen molar-refractivity contribution in [3.63, 3.8) is 0 Å². The first kappa shape index (κ1) is 17.3. The standard InChI is InChI=1S/C18H15F3N4O2/c1-24-8-12(27-18(24)26)9-25-16-5-11(6-22-15(16)7-23-25)10-2-3-14(19)13(4-10)17(20)21/h2-7,12,17H,8-9H2,1H3/t12-/m0/s1. The zero-order chi connectivity index (χ0) is 19.1. The Kier molecular flexibility index (Phi) is 4.21. The topological polar surface area (TPSA) is 60.3 Å². The highest BCUT2D eigenvalue weighted by molar-refractivity contribution is 5.80. The monoisotopic (exact) mass is 376 g/mol. The Hall–Kier alpha value is -3.10. The number of ether oxygens (including phenoxy) is 1. The van der Waals surface area contributed by atoms with Gasteiger partial charge in [0.15, 0.2) is 0 Å². The average Bonchev–Trinajstić information content (AvgIpc) is 3.18. The number of carbonyl (C=O) groups excluding carboxylic acids is 1. The van der Waals surface area contributed by atoms with Crippen molar-refractivity contribution >= 4 is 17.1 Å². The maximum absolute atomic E-state index is 13.5. The molecule has 1 fully saturated rings. The summed E-state index contributed by atoms with van der Waals surface area (Å²) in [7, 11) is 1.65. The van der Waals surface area contributed by atoms with Crippen molar-refractivity contribution in [3.8, 4) is 11.1 Å². The second kappa shape index (κ2) is 6.57. The Labute approximate surface area is 152 Å². The summed E-state index contributed by atoms with van der Waals surface area (Å²) >= 11 is 0. The van der Waals surface area contributed by atoms with Gasteiger partial charge >= 0.3 is 6.09 Å². The normalized spacial score (nSPS) is 17.1. The van der Waals surface area contributed by atoms with Gasteiger partial charge in [-0.05, 0) is 23.8 Å². The third-order valence-corrected chi connectivity index (χ3v) is 4.49. The fourth-order valence-electron chi connectivity index (χ4n) is 3.09. The van der Waals surface area contributed by atoms with E-state index >= 15 is 0 Å². The van der Waals surface area contributed by atoms with Crippen LogP contribution in [0.1, 0.15) is 12.0 Å². The Morgan fingerprint density at radius 3 is 2.78 bits per heavy atom. The van der Waals surface area contributed by atoms with Gasteiger partial charge in [-0.3, -0.25) is 9.67 Å². The van der Waals surface area contributed by atoms with Crippen molar-refractivity contribution in [1.29, 1.82) is 0 Å². The first-order valence-corrected chi connectivity index (χ1v) is 8.23. The van der Waals surface area contributed by atoms with Crippen LogP contribution < -0.4 is 0 Å². The molecule has 27 heavy (non-hydrogen) atoms. The fourth-order valence-corrected chi connectivity index (χ4v) is 3.09. The maximum atomic E-state index is 13.5. The van der Waals surface area contributed by atoms with E-state index in [9.17, 15) is 18.0 Å². The maximum Gasteiger partial charge on any atom is 0.410 e. The van der Waals surface area contributed by atoms with Crippen molar-refractivity contribution < 1.29 is 22.7 Å². The summed E-state index contributed by atoms with van der Waals surface area (Å²) in [6, 6.07) is 5.32. The molecule has 1 aromatic carbocycles. The van der Waals surface area contributed by atoms with Gasteiger partial charge in [0.2, 0.25) is 0 Å². The third kappa shape index (κ3) is 3.20. The number of halogens is 3. The van der Waals surface area contributed by atoms with Gasteiger partial charge in [0.05, 0.1) is 30.4 Å². The van der Waals surface area contributed by atoms with Gasteiger partial charge in [-0.2, -0.15) is 5.10 Å². The van der Waals surface area contributed by atoms with Crippen molar-refractivity contribution in [2.75, 3.05) is 13.6 Å². The Balaban J connectivity index is 1.68. The molecule has 0 aliphatic carbocycles. The highest BCUT2D eigenvalue weighted by atomic mass is 19.3. The second-order valence-corrected chi connectivity index (χ2v) is 6.38. The van der Waals surface area contributed by atoms with Crippen molar-refractivity contribution in [2.45, 2.75) is 19.1 Å². The predicted octanol–water partition coefficient (Wildman–Crippen LogP) is 3.63. The van der Waals surface area contributed by atoms with Crippen LogP contribution in [-0.4, -0.2) is 45.5 Å². The van der Waals surface area contributed by atoms with Crippen LogP contribution in [0.5, 0.6) is 0 Å². The molecule has 0 bridgehead atoms. The van der Waals surface area contributed by atoms with Crippen LogP contribution in [0, 0.1) is 5.82 Å². The van der Waals surface area contributed by atoms with E-state index in [4.69, 9.17) is 4.74 Å². The van der Waals surface area contributed by atoms with Crippen molar-refractivity contribution in [2.24, 2.45) is 0 Å². The first-order chi connectivity index (χ1) is 12.9. The summed E-state index contributed by atoms with van der Waals surface area (Å²) in [4.78, 5) is 17.3. The van der Waals surface area contributed by atoms with Crippen molar-refractivity contribution in [1.82, 2.24) is 19.7 Å². The van der Waals surface area contributed by atoms with Crippen LogP contribution in [0.3, 0.4) is 0 Å².